The lowest BCUT2D eigenvalue weighted by molar-refractivity contribution is 1.26. The van der Waals surface area contributed by atoms with E-state index in [1.54, 1.807) is 12.4 Å². The summed E-state index contributed by atoms with van der Waals surface area (Å²) >= 11 is 0. The topological polar surface area (TPSA) is 49.6 Å². The molecule has 3 heteroatoms. The lowest BCUT2D eigenvalue weighted by Gasteiger charge is -2.05. The molecule has 0 aliphatic heterocycles. The molecule has 2 aromatic heterocycles. The van der Waals surface area contributed by atoms with Crippen molar-refractivity contribution in [3.63, 3.8) is 0 Å². The third kappa shape index (κ3) is 1.51. The average Bonchev–Trinajstić information content (AvgIpc) is 2.39. The Labute approximate surface area is 98.4 Å². The molecule has 3 aromatic rings. The van der Waals surface area contributed by atoms with E-state index in [0.717, 1.165) is 27.4 Å². The lowest BCUT2D eigenvalue weighted by Crippen LogP contribution is -1.89. The quantitative estimate of drug-likeness (QED) is 0.591. The van der Waals surface area contributed by atoms with E-state index < -0.39 is 0 Å². The standard InChI is InChI=1S/C14H9N3/c15-7-5-10-6-9-17-14-11(10)3-4-13-12(14)2-1-8-16-13/h1-4,6,8-9H,5H2. The molecule has 0 N–H and O–H groups in total. The number of aromatic nitrogens is 2. The molecule has 0 bridgehead atoms. The molecule has 0 unspecified atom stereocenters. The fourth-order valence-electron chi connectivity index (χ4n) is 2.07. The van der Waals surface area contributed by atoms with E-state index in [9.17, 15) is 0 Å². The summed E-state index contributed by atoms with van der Waals surface area (Å²) in [6, 6.07) is 12.0. The zero-order valence-electron chi connectivity index (χ0n) is 9.09. The Morgan fingerprint density at radius 3 is 2.82 bits per heavy atom. The minimum atomic E-state index is 0.408. The van der Waals surface area contributed by atoms with Crippen LogP contribution in [0.3, 0.4) is 0 Å². The fourth-order valence-corrected chi connectivity index (χ4v) is 2.07. The largest absolute Gasteiger partial charge is 0.256 e. The molecule has 17 heavy (non-hydrogen) atoms. The summed E-state index contributed by atoms with van der Waals surface area (Å²) in [4.78, 5) is 8.70. The zero-order chi connectivity index (χ0) is 11.7. The van der Waals surface area contributed by atoms with E-state index in [4.69, 9.17) is 5.26 Å². The first-order valence-corrected chi connectivity index (χ1v) is 5.38. The maximum Gasteiger partial charge on any atom is 0.0799 e. The number of nitrogens with zero attached hydrogens (tertiary/aromatic N) is 3. The Balaban J connectivity index is 2.45. The van der Waals surface area contributed by atoms with Crippen LogP contribution in [0.1, 0.15) is 5.56 Å². The van der Waals surface area contributed by atoms with Gasteiger partial charge in [-0.25, -0.2) is 0 Å². The fraction of sp³-hybridized carbons (Fsp3) is 0.0714. The van der Waals surface area contributed by atoms with Gasteiger partial charge < -0.3 is 0 Å². The van der Waals surface area contributed by atoms with Gasteiger partial charge in [0.1, 0.15) is 0 Å². The summed E-state index contributed by atoms with van der Waals surface area (Å²) < 4.78 is 0. The lowest BCUT2D eigenvalue weighted by atomic mass is 10.0. The number of hydrogen-bond acceptors (Lipinski definition) is 3. The minimum Gasteiger partial charge on any atom is -0.256 e. The highest BCUT2D eigenvalue weighted by molar-refractivity contribution is 6.04. The molecular formula is C14H9N3. The molecule has 3 rings (SSSR count). The van der Waals surface area contributed by atoms with E-state index >= 15 is 0 Å². The highest BCUT2D eigenvalue weighted by Crippen LogP contribution is 2.24. The predicted molar refractivity (Wildman–Crippen MR) is 66.4 cm³/mol. The van der Waals surface area contributed by atoms with Gasteiger partial charge in [0.15, 0.2) is 0 Å². The molecule has 1 aromatic carbocycles. The number of hydrogen-bond donors (Lipinski definition) is 0. The van der Waals surface area contributed by atoms with E-state index in [1.807, 2.05) is 30.3 Å². The zero-order valence-corrected chi connectivity index (χ0v) is 9.09. The van der Waals surface area contributed by atoms with Crippen molar-refractivity contribution < 1.29 is 0 Å². The van der Waals surface area contributed by atoms with Crippen molar-refractivity contribution in [2.45, 2.75) is 6.42 Å². The molecule has 0 atom stereocenters. The van der Waals surface area contributed by atoms with E-state index in [2.05, 4.69) is 16.0 Å². The van der Waals surface area contributed by atoms with Gasteiger partial charge in [-0.15, -0.1) is 0 Å². The van der Waals surface area contributed by atoms with E-state index in [0.29, 0.717) is 6.42 Å². The molecule has 0 saturated carbocycles. The van der Waals surface area contributed by atoms with Crippen molar-refractivity contribution in [3.8, 4) is 6.07 Å². The normalized spacial score (nSPS) is 10.5. The van der Waals surface area contributed by atoms with Gasteiger partial charge in [-0.05, 0) is 29.8 Å². The van der Waals surface area contributed by atoms with Crippen LogP contribution in [0.15, 0.2) is 42.7 Å². The van der Waals surface area contributed by atoms with Crippen molar-refractivity contribution >= 4 is 21.8 Å². The Hall–Kier alpha value is -2.47. The second-order valence-electron chi connectivity index (χ2n) is 3.84. The Morgan fingerprint density at radius 2 is 1.94 bits per heavy atom. The van der Waals surface area contributed by atoms with Crippen LogP contribution >= 0.6 is 0 Å². The maximum atomic E-state index is 8.81. The second-order valence-corrected chi connectivity index (χ2v) is 3.84. The van der Waals surface area contributed by atoms with Gasteiger partial charge in [0.25, 0.3) is 0 Å². The van der Waals surface area contributed by atoms with Gasteiger partial charge in [0.05, 0.1) is 23.5 Å². The van der Waals surface area contributed by atoms with Gasteiger partial charge in [-0.1, -0.05) is 6.07 Å². The molecule has 0 radical (unpaired) electrons. The van der Waals surface area contributed by atoms with Crippen molar-refractivity contribution in [3.05, 3.63) is 48.3 Å². The highest BCUT2D eigenvalue weighted by atomic mass is 14.7. The molecule has 0 saturated heterocycles. The summed E-state index contributed by atoms with van der Waals surface area (Å²) in [5.41, 5.74) is 2.87. The Morgan fingerprint density at radius 1 is 1.00 bits per heavy atom. The molecule has 0 spiro atoms. The molecule has 0 aliphatic carbocycles. The summed E-state index contributed by atoms with van der Waals surface area (Å²) in [7, 11) is 0. The minimum absolute atomic E-state index is 0.408. The van der Waals surface area contributed by atoms with Gasteiger partial charge in [-0.3, -0.25) is 9.97 Å². The Bertz CT molecular complexity index is 741. The highest BCUT2D eigenvalue weighted by Gasteiger charge is 2.05. The Kier molecular flexibility index (Phi) is 2.20. The van der Waals surface area contributed by atoms with Crippen LogP contribution in [0.2, 0.25) is 0 Å². The molecule has 0 fully saturated rings. The summed E-state index contributed by atoms with van der Waals surface area (Å²) in [5.74, 6) is 0. The van der Waals surface area contributed by atoms with Crippen molar-refractivity contribution in [1.82, 2.24) is 9.97 Å². The van der Waals surface area contributed by atoms with E-state index in [1.165, 1.54) is 0 Å². The summed E-state index contributed by atoms with van der Waals surface area (Å²) in [5, 5.41) is 10.9. The first-order valence-electron chi connectivity index (χ1n) is 5.38. The first kappa shape index (κ1) is 9.73. The van der Waals surface area contributed by atoms with Gasteiger partial charge in [0, 0.05) is 23.2 Å². The smallest absolute Gasteiger partial charge is 0.0799 e. The first-order chi connectivity index (χ1) is 8.40. The van der Waals surface area contributed by atoms with Crippen LogP contribution in [0.4, 0.5) is 0 Å². The molecule has 3 nitrogen and oxygen atoms in total. The number of benzene rings is 1. The molecular weight excluding hydrogens is 210 g/mol. The maximum absolute atomic E-state index is 8.81. The number of rotatable bonds is 1. The molecule has 80 valence electrons. The van der Waals surface area contributed by atoms with Gasteiger partial charge in [-0.2, -0.15) is 5.26 Å². The predicted octanol–water partition coefficient (Wildman–Crippen LogP) is 2.85. The number of fused-ring (bicyclic) bond motifs is 3. The summed E-state index contributed by atoms with van der Waals surface area (Å²) in [6.07, 6.45) is 3.93. The molecule has 2 heterocycles. The van der Waals surface area contributed by atoms with Crippen LogP contribution in [0, 0.1) is 11.3 Å². The average molecular weight is 219 g/mol. The summed E-state index contributed by atoms with van der Waals surface area (Å²) in [6.45, 7) is 0. The third-order valence-electron chi connectivity index (χ3n) is 2.85. The van der Waals surface area contributed by atoms with Crippen LogP contribution in [0.5, 0.6) is 0 Å². The number of nitriles is 1. The van der Waals surface area contributed by atoms with Crippen molar-refractivity contribution in [1.29, 1.82) is 5.26 Å². The molecule has 0 amide bonds. The van der Waals surface area contributed by atoms with E-state index in [-0.39, 0.29) is 0 Å². The monoisotopic (exact) mass is 219 g/mol. The third-order valence-corrected chi connectivity index (χ3v) is 2.85. The van der Waals surface area contributed by atoms with Crippen LogP contribution in [-0.4, -0.2) is 9.97 Å². The SMILES string of the molecule is N#CCc1ccnc2c1ccc1ncccc12. The second kappa shape index (κ2) is 3.84. The van der Waals surface area contributed by atoms with Crippen molar-refractivity contribution in [2.75, 3.05) is 0 Å². The van der Waals surface area contributed by atoms with Crippen molar-refractivity contribution in [2.24, 2.45) is 0 Å². The van der Waals surface area contributed by atoms with Crippen LogP contribution in [-0.2, 0) is 6.42 Å². The van der Waals surface area contributed by atoms with Gasteiger partial charge >= 0.3 is 0 Å². The van der Waals surface area contributed by atoms with Gasteiger partial charge in [0.2, 0.25) is 0 Å². The van der Waals surface area contributed by atoms with Crippen LogP contribution < -0.4 is 0 Å². The molecule has 0 aliphatic rings. The number of pyridine rings is 2. The van der Waals surface area contributed by atoms with Crippen LogP contribution in [0.25, 0.3) is 21.8 Å².